The minimum atomic E-state index is -0.654. The number of carbonyl (C=O) groups excluding carboxylic acids is 4. The van der Waals surface area contributed by atoms with Crippen molar-refractivity contribution in [1.82, 2.24) is 20.9 Å². The number of halogens is 1. The molecule has 1 fully saturated rings. The molecule has 3 N–H and O–H groups in total. The molecule has 33 heavy (non-hydrogen) atoms. The van der Waals surface area contributed by atoms with Crippen LogP contribution in [0.4, 0.5) is 4.79 Å². The fraction of sp³-hybridized carbons (Fsp3) is 0.333. The van der Waals surface area contributed by atoms with Gasteiger partial charge in [0.1, 0.15) is 6.04 Å². The number of hydrogen-bond donors (Lipinski definition) is 3. The molecule has 172 valence electrons. The zero-order chi connectivity index (χ0) is 23.5. The molecule has 2 aromatic carbocycles. The van der Waals surface area contributed by atoms with E-state index in [1.54, 1.807) is 12.1 Å². The van der Waals surface area contributed by atoms with Crippen LogP contribution in [0, 0.1) is 6.92 Å². The van der Waals surface area contributed by atoms with Gasteiger partial charge in [-0.05, 0) is 54.2 Å². The molecular formula is C24H25ClN4O4. The van der Waals surface area contributed by atoms with E-state index in [0.717, 1.165) is 22.3 Å². The Morgan fingerprint density at radius 3 is 2.52 bits per heavy atom. The van der Waals surface area contributed by atoms with Crippen LogP contribution >= 0.6 is 11.6 Å². The van der Waals surface area contributed by atoms with Gasteiger partial charge < -0.3 is 15.5 Å². The number of carbonyl (C=O) groups is 4. The lowest BCUT2D eigenvalue weighted by molar-refractivity contribution is -0.132. The molecule has 0 spiro atoms. The van der Waals surface area contributed by atoms with Crippen LogP contribution in [-0.2, 0) is 29.2 Å². The summed E-state index contributed by atoms with van der Waals surface area (Å²) in [4.78, 5) is 50.5. The first-order chi connectivity index (χ1) is 15.8. The van der Waals surface area contributed by atoms with E-state index in [0.29, 0.717) is 43.1 Å². The Kier molecular flexibility index (Phi) is 6.65. The van der Waals surface area contributed by atoms with Crippen molar-refractivity contribution in [1.29, 1.82) is 0 Å². The van der Waals surface area contributed by atoms with Gasteiger partial charge in [-0.25, -0.2) is 4.79 Å². The molecule has 1 atom stereocenters. The average Bonchev–Trinajstić information content (AvgIpc) is 3.00. The van der Waals surface area contributed by atoms with Crippen LogP contribution in [-0.4, -0.2) is 34.7 Å². The second-order valence-electron chi connectivity index (χ2n) is 8.36. The molecule has 0 aliphatic carbocycles. The third-order valence-corrected chi connectivity index (χ3v) is 6.37. The zero-order valence-electron chi connectivity index (χ0n) is 18.2. The molecule has 0 unspecified atom stereocenters. The van der Waals surface area contributed by atoms with Crippen molar-refractivity contribution in [2.24, 2.45) is 0 Å². The number of aryl methyl sites for hydroxylation is 1. The molecule has 9 heteroatoms. The number of imide groups is 1. The van der Waals surface area contributed by atoms with Crippen LogP contribution in [0.15, 0.2) is 36.4 Å². The highest BCUT2D eigenvalue weighted by Gasteiger charge is 2.37. The van der Waals surface area contributed by atoms with Crippen LogP contribution < -0.4 is 16.0 Å². The number of nitrogens with one attached hydrogen (secondary N) is 3. The minimum Gasteiger partial charge on any atom is -0.334 e. The molecule has 0 bridgehead atoms. The summed E-state index contributed by atoms with van der Waals surface area (Å²) in [5, 5.41) is 8.62. The summed E-state index contributed by atoms with van der Waals surface area (Å²) < 4.78 is 0. The summed E-state index contributed by atoms with van der Waals surface area (Å²) in [7, 11) is 0. The largest absolute Gasteiger partial charge is 0.334 e. The second-order valence-corrected chi connectivity index (χ2v) is 8.77. The van der Waals surface area contributed by atoms with Crippen LogP contribution in [0.25, 0.3) is 0 Å². The monoisotopic (exact) mass is 468 g/mol. The maximum Gasteiger partial charge on any atom is 0.315 e. The van der Waals surface area contributed by atoms with E-state index in [1.807, 2.05) is 31.2 Å². The highest BCUT2D eigenvalue weighted by Crippen LogP contribution is 2.28. The van der Waals surface area contributed by atoms with Gasteiger partial charge in [-0.3, -0.25) is 19.7 Å². The maximum absolute atomic E-state index is 12.8. The minimum absolute atomic E-state index is 0.214. The van der Waals surface area contributed by atoms with Crippen LogP contribution in [0.2, 0.25) is 5.02 Å². The summed E-state index contributed by atoms with van der Waals surface area (Å²) in [6, 6.07) is 10.1. The summed E-state index contributed by atoms with van der Waals surface area (Å²) in [6.07, 6.45) is 1.30. The number of fused-ring (bicyclic) bond motifs is 1. The van der Waals surface area contributed by atoms with Gasteiger partial charge in [0.25, 0.3) is 5.91 Å². The number of hydrogen-bond acceptors (Lipinski definition) is 4. The summed E-state index contributed by atoms with van der Waals surface area (Å²) in [5.74, 6) is -0.940. The van der Waals surface area contributed by atoms with Crippen molar-refractivity contribution >= 4 is 35.4 Å². The quantitative estimate of drug-likeness (QED) is 0.586. The summed E-state index contributed by atoms with van der Waals surface area (Å²) in [5.41, 5.74) is 4.07. The predicted octanol–water partition coefficient (Wildman–Crippen LogP) is 2.80. The Morgan fingerprint density at radius 2 is 1.79 bits per heavy atom. The third kappa shape index (κ3) is 5.17. The van der Waals surface area contributed by atoms with Gasteiger partial charge in [-0.15, -0.1) is 0 Å². The van der Waals surface area contributed by atoms with Crippen LogP contribution in [0.3, 0.4) is 0 Å². The zero-order valence-corrected chi connectivity index (χ0v) is 19.0. The first-order valence-electron chi connectivity index (χ1n) is 10.8. The van der Waals surface area contributed by atoms with E-state index >= 15 is 0 Å². The molecule has 2 aromatic rings. The van der Waals surface area contributed by atoms with Crippen LogP contribution in [0.5, 0.6) is 0 Å². The van der Waals surface area contributed by atoms with Gasteiger partial charge in [0.05, 0.1) is 0 Å². The molecule has 0 radical (unpaired) electrons. The first kappa shape index (κ1) is 22.8. The third-order valence-electron chi connectivity index (χ3n) is 5.97. The van der Waals surface area contributed by atoms with Crippen molar-refractivity contribution in [3.63, 3.8) is 0 Å². The normalized spacial score (nSPS) is 17.9. The van der Waals surface area contributed by atoms with Gasteiger partial charge in [0.15, 0.2) is 0 Å². The number of rotatable bonds is 5. The molecule has 2 aliphatic heterocycles. The highest BCUT2D eigenvalue weighted by atomic mass is 35.5. The SMILES string of the molecule is Cc1ccc(CNC(=O)NCc2ccc3c(c2)CN([C@H]2CCCC(=O)NC2=O)C3=O)cc1Cl. The van der Waals surface area contributed by atoms with E-state index < -0.39 is 11.9 Å². The van der Waals surface area contributed by atoms with Gasteiger partial charge in [-0.2, -0.15) is 0 Å². The van der Waals surface area contributed by atoms with Gasteiger partial charge >= 0.3 is 6.03 Å². The Labute approximate surface area is 196 Å². The number of amides is 5. The van der Waals surface area contributed by atoms with E-state index in [4.69, 9.17) is 11.6 Å². The van der Waals surface area contributed by atoms with Crippen molar-refractivity contribution in [3.8, 4) is 0 Å². The molecule has 2 aliphatic rings. The molecule has 0 aromatic heterocycles. The van der Waals surface area contributed by atoms with Crippen molar-refractivity contribution in [2.75, 3.05) is 0 Å². The van der Waals surface area contributed by atoms with E-state index in [9.17, 15) is 19.2 Å². The van der Waals surface area contributed by atoms with E-state index in [-0.39, 0.29) is 24.3 Å². The number of nitrogens with zero attached hydrogens (tertiary/aromatic N) is 1. The van der Waals surface area contributed by atoms with Crippen LogP contribution in [0.1, 0.15) is 51.9 Å². The average molecular weight is 469 g/mol. The molecule has 1 saturated heterocycles. The molecule has 5 amide bonds. The van der Waals surface area contributed by atoms with Gasteiger partial charge in [0, 0.05) is 36.6 Å². The fourth-order valence-corrected chi connectivity index (χ4v) is 4.30. The summed E-state index contributed by atoms with van der Waals surface area (Å²) in [6.45, 7) is 2.86. The van der Waals surface area contributed by atoms with Gasteiger partial charge in [0.2, 0.25) is 11.8 Å². The smallest absolute Gasteiger partial charge is 0.315 e. The molecule has 0 saturated carbocycles. The summed E-state index contributed by atoms with van der Waals surface area (Å²) >= 11 is 6.12. The Bertz CT molecular complexity index is 1130. The molecule has 8 nitrogen and oxygen atoms in total. The van der Waals surface area contributed by atoms with Gasteiger partial charge in [-0.1, -0.05) is 35.9 Å². The number of benzene rings is 2. The Hall–Kier alpha value is -3.39. The van der Waals surface area contributed by atoms with E-state index in [2.05, 4.69) is 16.0 Å². The first-order valence-corrected chi connectivity index (χ1v) is 11.2. The predicted molar refractivity (Wildman–Crippen MR) is 122 cm³/mol. The Balaban J connectivity index is 1.34. The standard InChI is InChI=1S/C24H25ClN4O4/c1-14-5-6-16(10-19(14)25)12-27-24(33)26-11-15-7-8-18-17(9-15)13-29(23(18)32)20-3-2-4-21(30)28-22(20)31/h5-10,20H,2-4,11-13H2,1H3,(H2,26,27,33)(H,28,30,31)/t20-/m0/s1. The lowest BCUT2D eigenvalue weighted by Crippen LogP contribution is -2.46. The molecular weight excluding hydrogens is 444 g/mol. The molecule has 2 heterocycles. The topological polar surface area (TPSA) is 108 Å². The maximum atomic E-state index is 12.8. The number of urea groups is 1. The van der Waals surface area contributed by atoms with Crippen molar-refractivity contribution in [3.05, 3.63) is 69.2 Å². The van der Waals surface area contributed by atoms with Crippen molar-refractivity contribution in [2.45, 2.75) is 51.9 Å². The Morgan fingerprint density at radius 1 is 1.09 bits per heavy atom. The highest BCUT2D eigenvalue weighted by molar-refractivity contribution is 6.31. The molecule has 4 rings (SSSR count). The lowest BCUT2D eigenvalue weighted by Gasteiger charge is -2.24. The fourth-order valence-electron chi connectivity index (χ4n) is 4.10. The lowest BCUT2D eigenvalue weighted by atomic mass is 10.1. The second kappa shape index (κ2) is 9.62. The van der Waals surface area contributed by atoms with Crippen molar-refractivity contribution < 1.29 is 19.2 Å². The van der Waals surface area contributed by atoms with E-state index in [1.165, 1.54) is 4.90 Å².